The molecule has 0 aliphatic heterocycles. The Bertz CT molecular complexity index is 551. The zero-order valence-electron chi connectivity index (χ0n) is 9.31. The fourth-order valence-electron chi connectivity index (χ4n) is 1.69. The summed E-state index contributed by atoms with van der Waals surface area (Å²) in [5.41, 5.74) is 0.641. The molecule has 6 heteroatoms. The van der Waals surface area contributed by atoms with Crippen LogP contribution in [0.3, 0.4) is 0 Å². The highest BCUT2D eigenvalue weighted by Crippen LogP contribution is 2.38. The van der Waals surface area contributed by atoms with E-state index in [4.69, 9.17) is 0 Å². The third kappa shape index (κ3) is 3.04. The highest BCUT2D eigenvalue weighted by molar-refractivity contribution is 9.13. The topological polar surface area (TPSA) is 12.0 Å². The van der Waals surface area contributed by atoms with E-state index in [9.17, 15) is 4.39 Å². The molecule has 0 saturated carbocycles. The van der Waals surface area contributed by atoms with E-state index in [-0.39, 0.29) is 11.9 Å². The van der Waals surface area contributed by atoms with Crippen molar-refractivity contribution in [3.8, 4) is 0 Å². The molecule has 0 amide bonds. The SMILES string of the molecule is CNC(c1cc(Br)c(Br)s1)c1ccc(Br)cc1F. The molecule has 0 spiro atoms. The number of hydrogen-bond donors (Lipinski definition) is 1. The van der Waals surface area contributed by atoms with Crippen LogP contribution in [0.5, 0.6) is 0 Å². The van der Waals surface area contributed by atoms with Gasteiger partial charge in [-0.05, 0) is 57.1 Å². The molecule has 1 unspecified atom stereocenters. The zero-order valence-corrected chi connectivity index (χ0v) is 14.9. The fourth-order valence-corrected chi connectivity index (χ4v) is 4.24. The van der Waals surface area contributed by atoms with Crippen molar-refractivity contribution in [2.24, 2.45) is 0 Å². The molecule has 1 aromatic carbocycles. The van der Waals surface area contributed by atoms with Crippen LogP contribution in [0.4, 0.5) is 4.39 Å². The Morgan fingerprint density at radius 1 is 1.22 bits per heavy atom. The first kappa shape index (κ1) is 14.7. The van der Waals surface area contributed by atoms with Crippen molar-refractivity contribution in [1.82, 2.24) is 5.32 Å². The van der Waals surface area contributed by atoms with Gasteiger partial charge in [-0.25, -0.2) is 4.39 Å². The Labute approximate surface area is 134 Å². The normalized spacial score (nSPS) is 12.7. The van der Waals surface area contributed by atoms with Gasteiger partial charge in [-0.1, -0.05) is 22.0 Å². The van der Waals surface area contributed by atoms with Crippen molar-refractivity contribution in [2.45, 2.75) is 6.04 Å². The van der Waals surface area contributed by atoms with Gasteiger partial charge in [-0.3, -0.25) is 0 Å². The van der Waals surface area contributed by atoms with Crippen LogP contribution in [0.25, 0.3) is 0 Å². The van der Waals surface area contributed by atoms with Crippen LogP contribution < -0.4 is 5.32 Å². The van der Waals surface area contributed by atoms with Crippen molar-refractivity contribution >= 4 is 59.1 Å². The van der Waals surface area contributed by atoms with Gasteiger partial charge in [0.15, 0.2) is 0 Å². The van der Waals surface area contributed by atoms with Gasteiger partial charge in [-0.15, -0.1) is 11.3 Å². The molecule has 0 radical (unpaired) electrons. The van der Waals surface area contributed by atoms with Crippen molar-refractivity contribution in [2.75, 3.05) is 7.05 Å². The maximum absolute atomic E-state index is 14.0. The van der Waals surface area contributed by atoms with Crippen LogP contribution in [0, 0.1) is 5.82 Å². The number of hydrogen-bond acceptors (Lipinski definition) is 2. The first-order valence-corrected chi connectivity index (χ1v) is 8.29. The van der Waals surface area contributed by atoms with Crippen molar-refractivity contribution in [3.05, 3.63) is 53.3 Å². The first-order valence-electron chi connectivity index (χ1n) is 5.10. The van der Waals surface area contributed by atoms with Crippen molar-refractivity contribution in [1.29, 1.82) is 0 Å². The molecular formula is C12H9Br3FNS. The van der Waals surface area contributed by atoms with E-state index in [0.29, 0.717) is 5.56 Å². The van der Waals surface area contributed by atoms with E-state index in [0.717, 1.165) is 17.6 Å². The van der Waals surface area contributed by atoms with Crippen LogP contribution in [0.15, 0.2) is 37.0 Å². The molecule has 2 aromatic rings. The Morgan fingerprint density at radius 3 is 2.44 bits per heavy atom. The minimum absolute atomic E-state index is 0.148. The lowest BCUT2D eigenvalue weighted by Crippen LogP contribution is -2.17. The van der Waals surface area contributed by atoms with Crippen LogP contribution >= 0.6 is 59.1 Å². The Kier molecular flexibility index (Phi) is 4.99. The molecule has 18 heavy (non-hydrogen) atoms. The molecule has 0 aliphatic carbocycles. The predicted octanol–water partition coefficient (Wildman–Crippen LogP) is 5.48. The number of halogens is 4. The van der Waals surface area contributed by atoms with Gasteiger partial charge < -0.3 is 5.32 Å². The lowest BCUT2D eigenvalue weighted by molar-refractivity contribution is 0.578. The van der Waals surface area contributed by atoms with E-state index < -0.39 is 0 Å². The fraction of sp³-hybridized carbons (Fsp3) is 0.167. The van der Waals surface area contributed by atoms with Crippen LogP contribution in [0.1, 0.15) is 16.5 Å². The summed E-state index contributed by atoms with van der Waals surface area (Å²) >= 11 is 11.8. The van der Waals surface area contributed by atoms with E-state index in [1.807, 2.05) is 19.2 Å². The minimum atomic E-state index is -0.218. The summed E-state index contributed by atoms with van der Waals surface area (Å²) in [6.45, 7) is 0. The van der Waals surface area contributed by atoms with Gasteiger partial charge in [0, 0.05) is 19.4 Å². The maximum atomic E-state index is 14.0. The molecular weight excluding hydrogens is 449 g/mol. The summed E-state index contributed by atoms with van der Waals surface area (Å²) in [7, 11) is 1.83. The monoisotopic (exact) mass is 455 g/mol. The second-order valence-electron chi connectivity index (χ2n) is 3.66. The standard InChI is InChI=1S/C12H9Br3FNS/c1-17-11(10-5-8(14)12(15)18-10)7-3-2-6(13)4-9(7)16/h2-5,11,17H,1H3. The highest BCUT2D eigenvalue weighted by Gasteiger charge is 2.19. The average molecular weight is 458 g/mol. The minimum Gasteiger partial charge on any atom is -0.309 e. The number of benzene rings is 1. The molecule has 0 bridgehead atoms. The lowest BCUT2D eigenvalue weighted by atomic mass is 10.1. The highest BCUT2D eigenvalue weighted by atomic mass is 79.9. The summed E-state index contributed by atoms with van der Waals surface area (Å²) in [6.07, 6.45) is 0. The van der Waals surface area contributed by atoms with E-state index >= 15 is 0 Å². The zero-order chi connectivity index (χ0) is 13.3. The summed E-state index contributed by atoms with van der Waals surface area (Å²) in [5, 5.41) is 3.15. The van der Waals surface area contributed by atoms with E-state index in [2.05, 4.69) is 53.1 Å². The lowest BCUT2D eigenvalue weighted by Gasteiger charge is -2.16. The first-order chi connectivity index (χ1) is 8.52. The molecule has 1 atom stereocenters. The molecule has 0 saturated heterocycles. The molecule has 2 rings (SSSR count). The summed E-state index contributed by atoms with van der Waals surface area (Å²) in [4.78, 5) is 1.05. The summed E-state index contributed by atoms with van der Waals surface area (Å²) < 4.78 is 16.7. The third-order valence-electron chi connectivity index (χ3n) is 2.51. The van der Waals surface area contributed by atoms with Crippen LogP contribution in [-0.4, -0.2) is 7.05 Å². The largest absolute Gasteiger partial charge is 0.309 e. The second kappa shape index (κ2) is 6.13. The molecule has 1 heterocycles. The van der Waals surface area contributed by atoms with Crippen LogP contribution in [-0.2, 0) is 0 Å². The average Bonchev–Trinajstić information content (AvgIpc) is 2.63. The quantitative estimate of drug-likeness (QED) is 0.643. The number of nitrogens with one attached hydrogen (secondary N) is 1. The third-order valence-corrected chi connectivity index (χ3v) is 6.33. The molecule has 96 valence electrons. The summed E-state index contributed by atoms with van der Waals surface area (Å²) in [6, 6.07) is 6.97. The predicted molar refractivity (Wildman–Crippen MR) is 84.7 cm³/mol. The van der Waals surface area contributed by atoms with Crippen LogP contribution in [0.2, 0.25) is 0 Å². The van der Waals surface area contributed by atoms with E-state index in [1.165, 1.54) is 6.07 Å². The molecule has 0 fully saturated rings. The molecule has 1 nitrogen and oxygen atoms in total. The van der Waals surface area contributed by atoms with Gasteiger partial charge >= 0.3 is 0 Å². The second-order valence-corrected chi connectivity index (χ2v) is 7.83. The molecule has 0 aliphatic rings. The van der Waals surface area contributed by atoms with Crippen molar-refractivity contribution in [3.63, 3.8) is 0 Å². The van der Waals surface area contributed by atoms with Gasteiger partial charge in [-0.2, -0.15) is 0 Å². The summed E-state index contributed by atoms with van der Waals surface area (Å²) in [5.74, 6) is -0.218. The number of rotatable bonds is 3. The van der Waals surface area contributed by atoms with Gasteiger partial charge in [0.2, 0.25) is 0 Å². The van der Waals surface area contributed by atoms with Gasteiger partial charge in [0.05, 0.1) is 9.83 Å². The Morgan fingerprint density at radius 2 is 1.94 bits per heavy atom. The van der Waals surface area contributed by atoms with Crippen molar-refractivity contribution < 1.29 is 4.39 Å². The molecule has 1 aromatic heterocycles. The molecule has 1 N–H and O–H groups in total. The van der Waals surface area contributed by atoms with E-state index in [1.54, 1.807) is 17.4 Å². The Balaban J connectivity index is 2.45. The Hall–Kier alpha value is 0.250. The number of thiophene rings is 1. The van der Waals surface area contributed by atoms with Gasteiger partial charge in [0.1, 0.15) is 5.82 Å². The maximum Gasteiger partial charge on any atom is 0.129 e. The van der Waals surface area contributed by atoms with Gasteiger partial charge in [0.25, 0.3) is 0 Å². The smallest absolute Gasteiger partial charge is 0.129 e.